The summed E-state index contributed by atoms with van der Waals surface area (Å²) in [4.78, 5) is 11.4. The minimum absolute atomic E-state index is 0.299. The molecule has 0 amide bonds. The van der Waals surface area contributed by atoms with Crippen LogP contribution in [0.1, 0.15) is 21.5 Å². The molecule has 0 radical (unpaired) electrons. The topological polar surface area (TPSA) is 46.5 Å². The van der Waals surface area contributed by atoms with E-state index in [1.165, 1.54) is 7.11 Å². The number of methoxy groups -OCH3 is 1. The molecule has 0 unspecified atom stereocenters. The first kappa shape index (κ1) is 13.1. The molecule has 0 aliphatic rings. The quantitative estimate of drug-likeness (QED) is 0.837. The summed E-state index contributed by atoms with van der Waals surface area (Å²) in [6.07, 6.45) is 0. The zero-order valence-corrected chi connectivity index (χ0v) is 11.2. The van der Waals surface area contributed by atoms with Crippen molar-refractivity contribution in [3.05, 3.63) is 53.1 Å². The van der Waals surface area contributed by atoms with Crippen molar-refractivity contribution in [2.45, 2.75) is 13.8 Å². The van der Waals surface area contributed by atoms with E-state index in [1.54, 1.807) is 18.2 Å². The van der Waals surface area contributed by atoms with Crippen molar-refractivity contribution in [1.29, 1.82) is 0 Å². The van der Waals surface area contributed by atoms with Crippen molar-refractivity contribution in [3.63, 3.8) is 0 Å². The molecule has 3 nitrogen and oxygen atoms in total. The molecule has 1 N–H and O–H groups in total. The molecule has 98 valence electrons. The Morgan fingerprint density at radius 1 is 1.05 bits per heavy atom. The smallest absolute Gasteiger partial charge is 0.337 e. The fourth-order valence-electron chi connectivity index (χ4n) is 2.02. The van der Waals surface area contributed by atoms with Gasteiger partial charge in [0.2, 0.25) is 0 Å². The molecule has 2 aromatic rings. The zero-order valence-electron chi connectivity index (χ0n) is 11.2. The van der Waals surface area contributed by atoms with Gasteiger partial charge in [-0.1, -0.05) is 12.1 Å². The van der Waals surface area contributed by atoms with Crippen LogP contribution in [0.3, 0.4) is 0 Å². The van der Waals surface area contributed by atoms with Crippen LogP contribution in [0.5, 0.6) is 5.75 Å². The van der Waals surface area contributed by atoms with Gasteiger partial charge in [-0.25, -0.2) is 4.79 Å². The molecule has 0 fully saturated rings. The Labute approximate surface area is 112 Å². The fourth-order valence-corrected chi connectivity index (χ4v) is 2.02. The maximum atomic E-state index is 11.4. The number of rotatable bonds is 2. The van der Waals surface area contributed by atoms with E-state index in [2.05, 4.69) is 4.74 Å². The molecule has 0 aliphatic carbocycles. The van der Waals surface area contributed by atoms with Gasteiger partial charge in [0.25, 0.3) is 0 Å². The summed E-state index contributed by atoms with van der Waals surface area (Å²) >= 11 is 0. The van der Waals surface area contributed by atoms with Gasteiger partial charge in [0.15, 0.2) is 0 Å². The number of phenolic OH excluding ortho intramolecular Hbond substituents is 1. The van der Waals surface area contributed by atoms with Crippen molar-refractivity contribution < 1.29 is 14.6 Å². The SMILES string of the molecule is COC(=O)c1ccc(-c2cc(C)c(O)cc2C)cc1. The average molecular weight is 256 g/mol. The third kappa shape index (κ3) is 2.60. The molecule has 0 bridgehead atoms. The molecular weight excluding hydrogens is 240 g/mol. The van der Waals surface area contributed by atoms with Crippen molar-refractivity contribution in [3.8, 4) is 16.9 Å². The number of carbonyl (C=O) groups is 1. The number of ether oxygens (including phenoxy) is 1. The molecular formula is C16H16O3. The minimum atomic E-state index is -0.342. The third-order valence-corrected chi connectivity index (χ3v) is 3.16. The Balaban J connectivity index is 2.43. The van der Waals surface area contributed by atoms with E-state index >= 15 is 0 Å². The maximum absolute atomic E-state index is 11.4. The number of benzene rings is 2. The van der Waals surface area contributed by atoms with Crippen LogP contribution < -0.4 is 0 Å². The summed E-state index contributed by atoms with van der Waals surface area (Å²) in [6.45, 7) is 3.81. The molecule has 0 aromatic heterocycles. The fraction of sp³-hybridized carbons (Fsp3) is 0.188. The predicted octanol–water partition coefficient (Wildman–Crippen LogP) is 3.46. The summed E-state index contributed by atoms with van der Waals surface area (Å²) in [7, 11) is 1.36. The summed E-state index contributed by atoms with van der Waals surface area (Å²) in [5.41, 5.74) is 4.41. The monoisotopic (exact) mass is 256 g/mol. The van der Waals surface area contributed by atoms with E-state index in [0.717, 1.165) is 22.3 Å². The standard InChI is InChI=1S/C16H16O3/c1-10-9-15(17)11(2)8-14(10)12-4-6-13(7-5-12)16(18)19-3/h4-9,17H,1-3H3. The van der Waals surface area contributed by atoms with Crippen molar-refractivity contribution in [2.24, 2.45) is 0 Å². The van der Waals surface area contributed by atoms with E-state index in [4.69, 9.17) is 0 Å². The third-order valence-electron chi connectivity index (χ3n) is 3.16. The van der Waals surface area contributed by atoms with E-state index in [-0.39, 0.29) is 5.97 Å². The van der Waals surface area contributed by atoms with E-state index in [1.807, 2.05) is 32.0 Å². The van der Waals surface area contributed by atoms with E-state index in [9.17, 15) is 9.90 Å². The van der Waals surface area contributed by atoms with Crippen LogP contribution in [0.2, 0.25) is 0 Å². The Morgan fingerprint density at radius 3 is 2.26 bits per heavy atom. The number of aromatic hydroxyl groups is 1. The van der Waals surface area contributed by atoms with Gasteiger partial charge in [0, 0.05) is 0 Å². The Hall–Kier alpha value is -2.29. The van der Waals surface area contributed by atoms with Gasteiger partial charge in [-0.2, -0.15) is 0 Å². The maximum Gasteiger partial charge on any atom is 0.337 e. The van der Waals surface area contributed by atoms with Crippen LogP contribution in [-0.4, -0.2) is 18.2 Å². The molecule has 19 heavy (non-hydrogen) atoms. The Kier molecular flexibility index (Phi) is 3.56. The second-order valence-electron chi connectivity index (χ2n) is 4.52. The summed E-state index contributed by atoms with van der Waals surface area (Å²) in [5.74, 6) is -0.0439. The number of aryl methyl sites for hydroxylation is 2. The lowest BCUT2D eigenvalue weighted by atomic mass is 9.97. The second kappa shape index (κ2) is 5.14. The Morgan fingerprint density at radius 2 is 1.68 bits per heavy atom. The normalized spacial score (nSPS) is 10.3. The van der Waals surface area contributed by atoms with Crippen LogP contribution in [0.15, 0.2) is 36.4 Å². The first-order chi connectivity index (χ1) is 9.02. The second-order valence-corrected chi connectivity index (χ2v) is 4.52. The van der Waals surface area contributed by atoms with Gasteiger partial charge in [-0.3, -0.25) is 0 Å². The molecule has 0 aliphatic heterocycles. The molecule has 0 spiro atoms. The lowest BCUT2D eigenvalue weighted by molar-refractivity contribution is 0.0601. The van der Waals surface area contributed by atoms with Gasteiger partial charge < -0.3 is 9.84 Å². The van der Waals surface area contributed by atoms with Crippen molar-refractivity contribution in [1.82, 2.24) is 0 Å². The van der Waals surface area contributed by atoms with Crippen LogP contribution in [-0.2, 0) is 4.74 Å². The van der Waals surface area contributed by atoms with E-state index < -0.39 is 0 Å². The molecule has 0 saturated heterocycles. The molecule has 0 atom stereocenters. The van der Waals surface area contributed by atoms with Crippen LogP contribution in [0.25, 0.3) is 11.1 Å². The molecule has 2 rings (SSSR count). The lowest BCUT2D eigenvalue weighted by Gasteiger charge is -2.09. The number of phenols is 1. The summed E-state index contributed by atoms with van der Waals surface area (Å²) in [6, 6.07) is 10.9. The summed E-state index contributed by atoms with van der Waals surface area (Å²) in [5, 5.41) is 9.66. The first-order valence-corrected chi connectivity index (χ1v) is 6.02. The Bertz CT molecular complexity index is 613. The van der Waals surface area contributed by atoms with Crippen molar-refractivity contribution >= 4 is 5.97 Å². The molecule has 0 saturated carbocycles. The van der Waals surface area contributed by atoms with Gasteiger partial charge in [-0.05, 0) is 60.4 Å². The molecule has 3 heteroatoms. The van der Waals surface area contributed by atoms with Crippen LogP contribution in [0.4, 0.5) is 0 Å². The largest absolute Gasteiger partial charge is 0.508 e. The zero-order chi connectivity index (χ0) is 14.0. The average Bonchev–Trinajstić information content (AvgIpc) is 2.42. The number of hydrogen-bond donors (Lipinski definition) is 1. The summed E-state index contributed by atoms with van der Waals surface area (Å²) < 4.78 is 4.67. The van der Waals surface area contributed by atoms with Gasteiger partial charge in [-0.15, -0.1) is 0 Å². The minimum Gasteiger partial charge on any atom is -0.508 e. The number of carbonyl (C=O) groups excluding carboxylic acids is 1. The predicted molar refractivity (Wildman–Crippen MR) is 74.4 cm³/mol. The van der Waals surface area contributed by atoms with Crippen LogP contribution >= 0.6 is 0 Å². The van der Waals surface area contributed by atoms with E-state index in [0.29, 0.717) is 11.3 Å². The van der Waals surface area contributed by atoms with Gasteiger partial charge in [0.1, 0.15) is 5.75 Å². The van der Waals surface area contributed by atoms with Crippen molar-refractivity contribution in [2.75, 3.05) is 7.11 Å². The highest BCUT2D eigenvalue weighted by Gasteiger charge is 2.08. The lowest BCUT2D eigenvalue weighted by Crippen LogP contribution is -2.00. The highest BCUT2D eigenvalue weighted by Crippen LogP contribution is 2.29. The van der Waals surface area contributed by atoms with Gasteiger partial charge in [0.05, 0.1) is 12.7 Å². The molecule has 2 aromatic carbocycles. The number of esters is 1. The first-order valence-electron chi connectivity index (χ1n) is 6.02. The number of hydrogen-bond acceptors (Lipinski definition) is 3. The van der Waals surface area contributed by atoms with Crippen LogP contribution in [0, 0.1) is 13.8 Å². The van der Waals surface area contributed by atoms with Gasteiger partial charge >= 0.3 is 5.97 Å². The molecule has 0 heterocycles. The highest BCUT2D eigenvalue weighted by molar-refractivity contribution is 5.90. The highest BCUT2D eigenvalue weighted by atomic mass is 16.5.